The van der Waals surface area contributed by atoms with Crippen LogP contribution in [-0.2, 0) is 15.8 Å². The van der Waals surface area contributed by atoms with Crippen LogP contribution in [0.1, 0.15) is 5.56 Å². The van der Waals surface area contributed by atoms with Crippen molar-refractivity contribution in [2.45, 2.75) is 6.18 Å². The van der Waals surface area contributed by atoms with Gasteiger partial charge >= 0.3 is 12.3 Å². The highest BCUT2D eigenvalue weighted by atomic mass is 19.4. The Morgan fingerprint density at radius 1 is 1.16 bits per heavy atom. The van der Waals surface area contributed by atoms with Crippen LogP contribution < -0.4 is 4.74 Å². The smallest absolute Gasteiger partial charge is 0.416 e. The standard InChI is InChI=1S/C9H6F3N3O.CO2/c10-9(11,12)6-1-3-7(4-2-6)16-8-5-13-15-14-8;2-1-3/h1-5H,(H,13,14,15);. The molecule has 9 heteroatoms. The lowest BCUT2D eigenvalue weighted by Crippen LogP contribution is -2.03. The van der Waals surface area contributed by atoms with Gasteiger partial charge in [0.25, 0.3) is 5.88 Å². The Kier molecular flexibility index (Phi) is 4.78. The van der Waals surface area contributed by atoms with Crippen molar-refractivity contribution in [2.24, 2.45) is 0 Å². The summed E-state index contributed by atoms with van der Waals surface area (Å²) in [6.45, 7) is 0. The van der Waals surface area contributed by atoms with Gasteiger partial charge in [-0.25, -0.2) is 0 Å². The highest BCUT2D eigenvalue weighted by Gasteiger charge is 2.30. The molecule has 6 nitrogen and oxygen atoms in total. The number of alkyl halides is 3. The number of nitrogens with zero attached hydrogens (tertiary/aromatic N) is 2. The Balaban J connectivity index is 0.000000550. The van der Waals surface area contributed by atoms with Crippen LogP contribution in [0.25, 0.3) is 0 Å². The number of ether oxygens (including phenoxy) is 1. The van der Waals surface area contributed by atoms with Crippen molar-refractivity contribution in [3.63, 3.8) is 0 Å². The molecule has 2 aromatic rings. The molecular formula is C10H6F3N3O3. The summed E-state index contributed by atoms with van der Waals surface area (Å²) in [6.07, 6.45) is -2.77. The van der Waals surface area contributed by atoms with Gasteiger partial charge in [-0.2, -0.15) is 33.1 Å². The molecule has 1 heterocycles. The van der Waals surface area contributed by atoms with Gasteiger partial charge in [0.15, 0.2) is 0 Å². The van der Waals surface area contributed by atoms with E-state index in [4.69, 9.17) is 14.3 Å². The maximum Gasteiger partial charge on any atom is 0.416 e. The Bertz CT molecular complexity index is 531. The lowest BCUT2D eigenvalue weighted by atomic mass is 10.2. The minimum atomic E-state index is -4.34. The minimum absolute atomic E-state index is 0.194. The van der Waals surface area contributed by atoms with E-state index in [1.807, 2.05) is 0 Å². The van der Waals surface area contributed by atoms with Crippen molar-refractivity contribution in [2.75, 3.05) is 0 Å². The zero-order chi connectivity index (χ0) is 14.3. The molecule has 1 N–H and O–H groups in total. The fraction of sp³-hybridized carbons (Fsp3) is 0.100. The molecule has 0 radical (unpaired) electrons. The maximum absolute atomic E-state index is 12.2. The third kappa shape index (κ3) is 4.60. The summed E-state index contributed by atoms with van der Waals surface area (Å²) in [5.41, 5.74) is -0.722. The van der Waals surface area contributed by atoms with Crippen LogP contribution in [0.3, 0.4) is 0 Å². The minimum Gasteiger partial charge on any atom is -0.436 e. The molecule has 0 aliphatic carbocycles. The number of aromatic amines is 1. The predicted octanol–water partition coefficient (Wildman–Crippen LogP) is 2.03. The summed E-state index contributed by atoms with van der Waals surface area (Å²) in [5.74, 6) is 0.460. The van der Waals surface area contributed by atoms with Crippen molar-refractivity contribution in [3.05, 3.63) is 36.0 Å². The van der Waals surface area contributed by atoms with Crippen LogP contribution in [0, 0.1) is 0 Å². The van der Waals surface area contributed by atoms with E-state index in [0.717, 1.165) is 12.1 Å². The fourth-order valence-electron chi connectivity index (χ4n) is 1.07. The zero-order valence-electron chi connectivity index (χ0n) is 9.14. The number of rotatable bonds is 2. The van der Waals surface area contributed by atoms with Crippen LogP contribution in [0.15, 0.2) is 30.5 Å². The fourth-order valence-corrected chi connectivity index (χ4v) is 1.07. The van der Waals surface area contributed by atoms with E-state index in [-0.39, 0.29) is 17.8 Å². The van der Waals surface area contributed by atoms with Crippen molar-refractivity contribution < 1.29 is 27.5 Å². The third-order valence-electron chi connectivity index (χ3n) is 1.80. The van der Waals surface area contributed by atoms with E-state index in [1.165, 1.54) is 18.3 Å². The molecular weight excluding hydrogens is 267 g/mol. The molecule has 0 aliphatic heterocycles. The van der Waals surface area contributed by atoms with Crippen molar-refractivity contribution in [1.29, 1.82) is 0 Å². The molecule has 0 spiro atoms. The van der Waals surface area contributed by atoms with E-state index >= 15 is 0 Å². The zero-order valence-corrected chi connectivity index (χ0v) is 9.14. The SMILES string of the molecule is FC(F)(F)c1ccc(Oc2cn[nH]n2)cc1.O=C=O. The van der Waals surface area contributed by atoms with E-state index in [1.54, 1.807) is 0 Å². The van der Waals surface area contributed by atoms with Crippen LogP contribution in [0.2, 0.25) is 0 Å². The van der Waals surface area contributed by atoms with Crippen molar-refractivity contribution >= 4 is 6.15 Å². The monoisotopic (exact) mass is 273 g/mol. The van der Waals surface area contributed by atoms with Gasteiger partial charge in [0, 0.05) is 0 Å². The highest BCUT2D eigenvalue weighted by molar-refractivity contribution is 5.30. The molecule has 0 saturated heterocycles. The molecule has 0 amide bonds. The topological polar surface area (TPSA) is 84.9 Å². The highest BCUT2D eigenvalue weighted by Crippen LogP contribution is 2.30. The molecule has 0 saturated carbocycles. The Hall–Kier alpha value is -2.67. The number of carbonyl (C=O) groups excluding carboxylic acids is 2. The van der Waals surface area contributed by atoms with E-state index < -0.39 is 11.7 Å². The summed E-state index contributed by atoms with van der Waals surface area (Å²) < 4.78 is 41.8. The number of H-pyrrole nitrogens is 1. The largest absolute Gasteiger partial charge is 0.436 e. The first-order valence-corrected chi connectivity index (χ1v) is 4.67. The van der Waals surface area contributed by atoms with Crippen LogP contribution in [-0.4, -0.2) is 21.6 Å². The second kappa shape index (κ2) is 6.31. The molecule has 0 bridgehead atoms. The van der Waals surface area contributed by atoms with E-state index in [2.05, 4.69) is 15.4 Å². The van der Waals surface area contributed by atoms with E-state index in [0.29, 0.717) is 0 Å². The molecule has 0 atom stereocenters. The third-order valence-corrected chi connectivity index (χ3v) is 1.80. The summed E-state index contributed by atoms with van der Waals surface area (Å²) in [5, 5.41) is 9.42. The first kappa shape index (κ1) is 14.4. The quantitative estimate of drug-likeness (QED) is 0.904. The lowest BCUT2D eigenvalue weighted by Gasteiger charge is -2.07. The lowest BCUT2D eigenvalue weighted by molar-refractivity contribution is -0.191. The van der Waals surface area contributed by atoms with Gasteiger partial charge in [0.05, 0.1) is 5.56 Å². The van der Waals surface area contributed by atoms with Crippen molar-refractivity contribution in [3.8, 4) is 11.6 Å². The molecule has 1 aromatic carbocycles. The van der Waals surface area contributed by atoms with Crippen LogP contribution in [0.5, 0.6) is 11.6 Å². The Morgan fingerprint density at radius 3 is 2.16 bits per heavy atom. The first-order chi connectivity index (χ1) is 8.97. The van der Waals surface area contributed by atoms with Crippen LogP contribution in [0.4, 0.5) is 13.2 Å². The molecule has 1 aromatic heterocycles. The summed E-state index contributed by atoms with van der Waals surface area (Å²) >= 11 is 0. The molecule has 2 rings (SSSR count). The van der Waals surface area contributed by atoms with Gasteiger partial charge in [0.2, 0.25) is 0 Å². The summed E-state index contributed by atoms with van der Waals surface area (Å²) in [6, 6.07) is 4.32. The number of halogens is 3. The average Bonchev–Trinajstić information content (AvgIpc) is 2.82. The molecule has 19 heavy (non-hydrogen) atoms. The first-order valence-electron chi connectivity index (χ1n) is 4.67. The normalized spacial score (nSPS) is 10.1. The second-order valence-electron chi connectivity index (χ2n) is 3.02. The number of aromatic nitrogens is 3. The number of nitrogens with one attached hydrogen (secondary N) is 1. The molecule has 0 fully saturated rings. The van der Waals surface area contributed by atoms with Crippen LogP contribution >= 0.6 is 0 Å². The van der Waals surface area contributed by atoms with Gasteiger partial charge in [-0.05, 0) is 24.3 Å². The predicted molar refractivity (Wildman–Crippen MR) is 52.9 cm³/mol. The summed E-state index contributed by atoms with van der Waals surface area (Å²) in [4.78, 5) is 16.2. The Labute approximate surface area is 104 Å². The maximum atomic E-state index is 12.2. The number of benzene rings is 1. The number of hydrogen-bond acceptors (Lipinski definition) is 5. The van der Waals surface area contributed by atoms with Gasteiger partial charge in [-0.1, -0.05) is 0 Å². The van der Waals surface area contributed by atoms with Gasteiger partial charge in [-0.3, -0.25) is 0 Å². The number of hydrogen-bond donors (Lipinski definition) is 1. The second-order valence-corrected chi connectivity index (χ2v) is 3.02. The van der Waals surface area contributed by atoms with E-state index in [9.17, 15) is 13.2 Å². The Morgan fingerprint density at radius 2 is 1.74 bits per heavy atom. The average molecular weight is 273 g/mol. The molecule has 0 unspecified atom stereocenters. The molecule has 0 aliphatic rings. The van der Waals surface area contributed by atoms with Crippen molar-refractivity contribution in [1.82, 2.24) is 15.4 Å². The molecule has 100 valence electrons. The van der Waals surface area contributed by atoms with Gasteiger partial charge < -0.3 is 4.74 Å². The van der Waals surface area contributed by atoms with Gasteiger partial charge in [-0.15, -0.1) is 5.10 Å². The summed E-state index contributed by atoms with van der Waals surface area (Å²) in [7, 11) is 0. The van der Waals surface area contributed by atoms with Gasteiger partial charge in [0.1, 0.15) is 11.9 Å².